The van der Waals surface area contributed by atoms with Crippen LogP contribution in [-0.2, 0) is 25.2 Å². The second kappa shape index (κ2) is 6.54. The molecule has 0 saturated carbocycles. The van der Waals surface area contributed by atoms with E-state index in [1.165, 1.54) is 22.3 Å². The summed E-state index contributed by atoms with van der Waals surface area (Å²) in [5.41, 5.74) is 5.33. The summed E-state index contributed by atoms with van der Waals surface area (Å²) in [7, 11) is 0. The summed E-state index contributed by atoms with van der Waals surface area (Å²) in [5.74, 6) is 1.01. The van der Waals surface area contributed by atoms with Gasteiger partial charge in [0, 0.05) is 0 Å². The van der Waals surface area contributed by atoms with Crippen molar-refractivity contribution in [2.45, 2.75) is 12.8 Å². The van der Waals surface area contributed by atoms with Crippen LogP contribution in [0.4, 0.5) is 0 Å². The molecule has 0 aromatic heterocycles. The summed E-state index contributed by atoms with van der Waals surface area (Å²) in [5, 5.41) is 0. The summed E-state index contributed by atoms with van der Waals surface area (Å²) in [6.07, 6.45) is 15.1. The van der Waals surface area contributed by atoms with Crippen molar-refractivity contribution in [2.24, 2.45) is 0 Å². The van der Waals surface area contributed by atoms with Gasteiger partial charge in [-0.2, -0.15) is 0 Å². The van der Waals surface area contributed by atoms with Crippen molar-refractivity contribution in [3.8, 4) is 5.75 Å². The Hall–Kier alpha value is -0.847. The summed E-state index contributed by atoms with van der Waals surface area (Å²) < 4.78 is 5.63. The van der Waals surface area contributed by atoms with E-state index >= 15 is 0 Å². The summed E-state index contributed by atoms with van der Waals surface area (Å²) >= 11 is 1.08. The third-order valence-electron chi connectivity index (χ3n) is 3.35. The summed E-state index contributed by atoms with van der Waals surface area (Å²) in [6, 6.07) is 6.35. The van der Waals surface area contributed by atoms with Gasteiger partial charge in [0.1, 0.15) is 0 Å². The van der Waals surface area contributed by atoms with Crippen molar-refractivity contribution in [3.05, 3.63) is 65.8 Å². The molecule has 1 aromatic carbocycles. The molecular formula is C16H14ClOZr. The van der Waals surface area contributed by atoms with Crippen LogP contribution in [0.2, 0.25) is 0 Å². The number of halogens is 1. The van der Waals surface area contributed by atoms with Crippen molar-refractivity contribution in [3.63, 3.8) is 0 Å². The third-order valence-corrected chi connectivity index (χ3v) is 3.89. The van der Waals surface area contributed by atoms with Crippen LogP contribution in [0.1, 0.15) is 24.0 Å². The Morgan fingerprint density at radius 3 is 2.21 bits per heavy atom. The van der Waals surface area contributed by atoms with E-state index < -0.39 is 0 Å². The van der Waals surface area contributed by atoms with Gasteiger partial charge in [0.2, 0.25) is 0 Å². The van der Waals surface area contributed by atoms with Crippen LogP contribution < -0.4 is 2.81 Å². The van der Waals surface area contributed by atoms with Gasteiger partial charge in [-0.1, -0.05) is 0 Å². The standard InChI is InChI=1S/C16H14O.ClH.Zr/c17-15-11-5-10-14(12-6-1-2-7-12)16(15)13-8-3-4-9-13;;/h1-6,8,10-11,17H,7,9H2;1H;/q;;+1/p-1. The molecule has 0 bridgehead atoms. The van der Waals surface area contributed by atoms with Crippen molar-refractivity contribution in [2.75, 3.05) is 0 Å². The van der Waals surface area contributed by atoms with E-state index in [-0.39, 0.29) is 12.4 Å². The molecule has 2 aliphatic rings. The van der Waals surface area contributed by atoms with Crippen LogP contribution >= 0.6 is 12.4 Å². The fourth-order valence-electron chi connectivity index (χ4n) is 2.49. The van der Waals surface area contributed by atoms with Crippen molar-refractivity contribution in [1.82, 2.24) is 0 Å². The monoisotopic (exact) mass is 347 g/mol. The van der Waals surface area contributed by atoms with E-state index in [9.17, 15) is 0 Å². The van der Waals surface area contributed by atoms with E-state index in [1.807, 2.05) is 0 Å². The van der Waals surface area contributed by atoms with Crippen LogP contribution in [0.25, 0.3) is 11.1 Å². The fourth-order valence-corrected chi connectivity index (χ4v) is 2.91. The van der Waals surface area contributed by atoms with Gasteiger partial charge < -0.3 is 0 Å². The van der Waals surface area contributed by atoms with Crippen LogP contribution in [0.5, 0.6) is 5.75 Å². The number of rotatable bonds is 3. The molecule has 0 aliphatic heterocycles. The normalized spacial score (nSPS) is 15.9. The zero-order valence-electron chi connectivity index (χ0n) is 10.4. The average Bonchev–Trinajstić information content (AvgIpc) is 3.10. The van der Waals surface area contributed by atoms with E-state index in [0.717, 1.165) is 43.8 Å². The molecule has 1 nitrogen and oxygen atoms in total. The van der Waals surface area contributed by atoms with Gasteiger partial charge >= 0.3 is 123 Å². The maximum absolute atomic E-state index is 5.63. The molecule has 1 aromatic rings. The quantitative estimate of drug-likeness (QED) is 0.773. The van der Waals surface area contributed by atoms with Crippen LogP contribution in [0.15, 0.2) is 54.7 Å². The van der Waals surface area contributed by atoms with Crippen LogP contribution in [-0.4, -0.2) is 0 Å². The van der Waals surface area contributed by atoms with Crippen LogP contribution in [0.3, 0.4) is 0 Å². The molecule has 0 spiro atoms. The first kappa shape index (κ1) is 14.6. The molecule has 19 heavy (non-hydrogen) atoms. The Morgan fingerprint density at radius 2 is 1.63 bits per heavy atom. The maximum atomic E-state index is 5.63. The van der Waals surface area contributed by atoms with Gasteiger partial charge in [0.05, 0.1) is 0 Å². The second-order valence-electron chi connectivity index (χ2n) is 4.43. The third kappa shape index (κ3) is 2.85. The number of hydrogen-bond acceptors (Lipinski definition) is 1. The van der Waals surface area contributed by atoms with Crippen LogP contribution in [0, 0.1) is 0 Å². The van der Waals surface area contributed by atoms with E-state index in [2.05, 4.69) is 54.7 Å². The predicted octanol–water partition coefficient (Wildman–Crippen LogP) is 4.64. The molecule has 0 N–H and O–H groups in total. The molecule has 3 rings (SSSR count). The topological polar surface area (TPSA) is 9.23 Å². The molecule has 0 saturated heterocycles. The first-order chi connectivity index (χ1) is 8.90. The van der Waals surface area contributed by atoms with Gasteiger partial charge in [0.15, 0.2) is 0 Å². The molecule has 0 amide bonds. The SMILES string of the molecule is Cl.[Zr][O]c1cccc(C2=CC=CC2)c1C1=CC=CC1. The zero-order valence-corrected chi connectivity index (χ0v) is 13.7. The Balaban J connectivity index is 0.00000133. The molecule has 0 atom stereocenters. The molecule has 95 valence electrons. The fraction of sp³-hybridized carbons (Fsp3) is 0.125. The van der Waals surface area contributed by atoms with Crippen molar-refractivity contribution >= 4 is 23.6 Å². The van der Waals surface area contributed by atoms with Crippen molar-refractivity contribution in [1.29, 1.82) is 0 Å². The van der Waals surface area contributed by atoms with Gasteiger partial charge in [-0.3, -0.25) is 0 Å². The first-order valence-electron chi connectivity index (χ1n) is 6.09. The Morgan fingerprint density at radius 1 is 0.947 bits per heavy atom. The molecule has 3 heteroatoms. The van der Waals surface area contributed by atoms with Crippen molar-refractivity contribution < 1.29 is 28.0 Å². The minimum atomic E-state index is 0. The second-order valence-corrected chi connectivity index (χ2v) is 4.93. The first-order valence-corrected chi connectivity index (χ1v) is 7.09. The molecule has 2 aliphatic carbocycles. The van der Waals surface area contributed by atoms with Gasteiger partial charge in [-0.05, 0) is 0 Å². The van der Waals surface area contributed by atoms with Gasteiger partial charge in [0.25, 0.3) is 0 Å². The molecular weight excluding hydrogens is 335 g/mol. The molecule has 0 heterocycles. The zero-order chi connectivity index (χ0) is 12.4. The molecule has 0 unspecified atom stereocenters. The Bertz CT molecular complexity index is 597. The number of allylic oxidation sites excluding steroid dienone is 8. The van der Waals surface area contributed by atoms with E-state index in [1.54, 1.807) is 0 Å². The van der Waals surface area contributed by atoms with Gasteiger partial charge in [-0.15, -0.1) is 12.4 Å². The van der Waals surface area contributed by atoms with E-state index in [0.29, 0.717) is 0 Å². The van der Waals surface area contributed by atoms with E-state index in [4.69, 9.17) is 2.81 Å². The molecule has 0 radical (unpaired) electrons. The minimum absolute atomic E-state index is 0. The summed E-state index contributed by atoms with van der Waals surface area (Å²) in [4.78, 5) is 0. The number of hydrogen-bond donors (Lipinski definition) is 0. The summed E-state index contributed by atoms with van der Waals surface area (Å²) in [6.45, 7) is 0. The van der Waals surface area contributed by atoms with Gasteiger partial charge in [-0.25, -0.2) is 0 Å². The molecule has 0 fully saturated rings. The Kier molecular flexibility index (Phi) is 5.01. The Labute approximate surface area is 135 Å². The predicted molar refractivity (Wildman–Crippen MR) is 77.8 cm³/mol. The average molecular weight is 349 g/mol. The number of benzene rings is 1.